The summed E-state index contributed by atoms with van der Waals surface area (Å²) in [5.41, 5.74) is -0.686. The highest BCUT2D eigenvalue weighted by atomic mass is 79.9. The van der Waals surface area contributed by atoms with Crippen LogP contribution < -0.4 is 5.32 Å². The molecule has 0 heterocycles. The SMILES string of the molecule is CC(C)C1(CNC(=O)c2cc(C(F)(F)F)ccc2Br)CC1. The maximum Gasteiger partial charge on any atom is 0.416 e. The van der Waals surface area contributed by atoms with E-state index >= 15 is 0 Å². The molecule has 1 fully saturated rings. The second-order valence-corrected chi connectivity index (χ2v) is 6.75. The summed E-state index contributed by atoms with van der Waals surface area (Å²) in [6.07, 6.45) is -2.35. The van der Waals surface area contributed by atoms with Crippen LogP contribution in [0.1, 0.15) is 42.6 Å². The van der Waals surface area contributed by atoms with Gasteiger partial charge in [0.2, 0.25) is 0 Å². The lowest BCUT2D eigenvalue weighted by atomic mass is 9.92. The van der Waals surface area contributed by atoms with Gasteiger partial charge in [-0.25, -0.2) is 0 Å². The van der Waals surface area contributed by atoms with Crippen LogP contribution in [0, 0.1) is 11.3 Å². The first-order chi connectivity index (χ1) is 9.66. The lowest BCUT2D eigenvalue weighted by Crippen LogP contribution is -2.32. The van der Waals surface area contributed by atoms with Crippen LogP contribution in [0.25, 0.3) is 0 Å². The number of carbonyl (C=O) groups excluding carboxylic acids is 1. The van der Waals surface area contributed by atoms with Crippen LogP contribution in [0.15, 0.2) is 22.7 Å². The monoisotopic (exact) mass is 363 g/mol. The second-order valence-electron chi connectivity index (χ2n) is 5.89. The molecule has 1 saturated carbocycles. The predicted molar refractivity (Wildman–Crippen MR) is 78.0 cm³/mol. The average molecular weight is 364 g/mol. The number of nitrogens with one attached hydrogen (secondary N) is 1. The van der Waals surface area contributed by atoms with Crippen LogP contribution in [0.4, 0.5) is 13.2 Å². The second kappa shape index (κ2) is 5.63. The van der Waals surface area contributed by atoms with Gasteiger partial charge in [0.25, 0.3) is 5.91 Å². The van der Waals surface area contributed by atoms with Gasteiger partial charge in [-0.1, -0.05) is 13.8 Å². The molecule has 6 heteroatoms. The van der Waals surface area contributed by atoms with Gasteiger partial charge in [-0.3, -0.25) is 4.79 Å². The summed E-state index contributed by atoms with van der Waals surface area (Å²) in [5, 5.41) is 2.77. The van der Waals surface area contributed by atoms with E-state index in [9.17, 15) is 18.0 Å². The zero-order valence-electron chi connectivity index (χ0n) is 11.9. The van der Waals surface area contributed by atoms with Crippen molar-refractivity contribution in [2.75, 3.05) is 6.54 Å². The Morgan fingerprint density at radius 2 is 2.00 bits per heavy atom. The number of benzene rings is 1. The molecule has 1 aliphatic carbocycles. The van der Waals surface area contributed by atoms with E-state index < -0.39 is 17.6 Å². The number of amides is 1. The minimum absolute atomic E-state index is 0.0179. The summed E-state index contributed by atoms with van der Waals surface area (Å²) in [5.74, 6) is -0.0253. The Balaban J connectivity index is 2.12. The zero-order valence-corrected chi connectivity index (χ0v) is 13.4. The maximum atomic E-state index is 12.7. The molecule has 2 rings (SSSR count). The van der Waals surface area contributed by atoms with Crippen molar-refractivity contribution in [3.05, 3.63) is 33.8 Å². The molecule has 0 unspecified atom stereocenters. The van der Waals surface area contributed by atoms with Gasteiger partial charge in [0.1, 0.15) is 0 Å². The molecular weight excluding hydrogens is 347 g/mol. The average Bonchev–Trinajstić information content (AvgIpc) is 3.16. The van der Waals surface area contributed by atoms with Gasteiger partial charge in [-0.15, -0.1) is 0 Å². The molecule has 2 nitrogen and oxygen atoms in total. The van der Waals surface area contributed by atoms with Crippen LogP contribution >= 0.6 is 15.9 Å². The lowest BCUT2D eigenvalue weighted by Gasteiger charge is -2.20. The van der Waals surface area contributed by atoms with E-state index in [0.29, 0.717) is 16.9 Å². The van der Waals surface area contributed by atoms with E-state index in [1.165, 1.54) is 6.07 Å². The first kappa shape index (κ1) is 16.3. The van der Waals surface area contributed by atoms with Crippen molar-refractivity contribution in [2.45, 2.75) is 32.9 Å². The minimum atomic E-state index is -4.45. The molecule has 0 aliphatic heterocycles. The lowest BCUT2D eigenvalue weighted by molar-refractivity contribution is -0.137. The molecule has 21 heavy (non-hydrogen) atoms. The fraction of sp³-hybridized carbons (Fsp3) is 0.533. The Bertz CT molecular complexity index is 550. The summed E-state index contributed by atoms with van der Waals surface area (Å²) in [6, 6.07) is 3.10. The number of alkyl halides is 3. The number of carbonyl (C=O) groups is 1. The Kier molecular flexibility index (Phi) is 4.38. The van der Waals surface area contributed by atoms with Gasteiger partial charge >= 0.3 is 6.18 Å². The molecule has 1 aromatic rings. The van der Waals surface area contributed by atoms with E-state index in [1.807, 2.05) is 0 Å². The molecule has 0 radical (unpaired) electrons. The molecular formula is C15H17BrF3NO. The minimum Gasteiger partial charge on any atom is -0.351 e. The van der Waals surface area contributed by atoms with Crippen molar-refractivity contribution in [3.8, 4) is 0 Å². The Hall–Kier alpha value is -1.04. The van der Waals surface area contributed by atoms with Crippen molar-refractivity contribution in [2.24, 2.45) is 11.3 Å². The Labute approximate surface area is 130 Å². The van der Waals surface area contributed by atoms with Crippen molar-refractivity contribution in [3.63, 3.8) is 0 Å². The van der Waals surface area contributed by atoms with Crippen molar-refractivity contribution >= 4 is 21.8 Å². The van der Waals surface area contributed by atoms with Crippen molar-refractivity contribution < 1.29 is 18.0 Å². The highest BCUT2D eigenvalue weighted by molar-refractivity contribution is 9.10. The van der Waals surface area contributed by atoms with Crippen LogP contribution in [-0.2, 0) is 6.18 Å². The van der Waals surface area contributed by atoms with Crippen LogP contribution in [0.2, 0.25) is 0 Å². The van der Waals surface area contributed by atoms with Gasteiger partial charge in [-0.2, -0.15) is 13.2 Å². The maximum absolute atomic E-state index is 12.7. The summed E-state index contributed by atoms with van der Waals surface area (Å²) < 4.78 is 38.5. The van der Waals surface area contributed by atoms with Crippen LogP contribution in [-0.4, -0.2) is 12.5 Å². The predicted octanol–water partition coefficient (Wildman–Crippen LogP) is 4.63. The van der Waals surface area contributed by atoms with E-state index in [0.717, 1.165) is 25.0 Å². The molecule has 0 aromatic heterocycles. The van der Waals surface area contributed by atoms with Gasteiger partial charge in [0.15, 0.2) is 0 Å². The third-order valence-electron chi connectivity index (χ3n) is 4.26. The third-order valence-corrected chi connectivity index (χ3v) is 4.95. The van der Waals surface area contributed by atoms with Gasteiger partial charge < -0.3 is 5.32 Å². The van der Waals surface area contributed by atoms with Gasteiger partial charge in [0.05, 0.1) is 11.1 Å². The van der Waals surface area contributed by atoms with E-state index in [1.54, 1.807) is 0 Å². The number of hydrogen-bond acceptors (Lipinski definition) is 1. The summed E-state index contributed by atoms with van der Waals surface area (Å²) in [4.78, 5) is 12.1. The Morgan fingerprint density at radius 3 is 2.48 bits per heavy atom. The number of hydrogen-bond donors (Lipinski definition) is 1. The molecule has 116 valence electrons. The summed E-state index contributed by atoms with van der Waals surface area (Å²) in [7, 11) is 0. The number of rotatable bonds is 4. The van der Waals surface area contributed by atoms with Crippen molar-refractivity contribution in [1.29, 1.82) is 0 Å². The molecule has 0 bridgehead atoms. The largest absolute Gasteiger partial charge is 0.416 e. The van der Waals surface area contributed by atoms with Gasteiger partial charge in [0, 0.05) is 11.0 Å². The summed E-state index contributed by atoms with van der Waals surface area (Å²) >= 11 is 3.13. The molecule has 1 N–H and O–H groups in total. The first-order valence-electron chi connectivity index (χ1n) is 6.81. The zero-order chi connectivity index (χ0) is 15.8. The van der Waals surface area contributed by atoms with E-state index in [-0.39, 0.29) is 11.0 Å². The van der Waals surface area contributed by atoms with Crippen molar-refractivity contribution in [1.82, 2.24) is 5.32 Å². The normalized spacial score (nSPS) is 16.9. The Morgan fingerprint density at radius 1 is 1.38 bits per heavy atom. The first-order valence-corrected chi connectivity index (χ1v) is 7.60. The summed E-state index contributed by atoms with van der Waals surface area (Å²) in [6.45, 7) is 4.70. The fourth-order valence-corrected chi connectivity index (χ4v) is 2.77. The number of halogens is 4. The smallest absolute Gasteiger partial charge is 0.351 e. The third kappa shape index (κ3) is 3.59. The molecule has 0 spiro atoms. The molecule has 1 amide bonds. The topological polar surface area (TPSA) is 29.1 Å². The van der Waals surface area contributed by atoms with Gasteiger partial charge in [-0.05, 0) is 58.3 Å². The van der Waals surface area contributed by atoms with Crippen LogP contribution in [0.5, 0.6) is 0 Å². The van der Waals surface area contributed by atoms with Crippen LogP contribution in [0.3, 0.4) is 0 Å². The molecule has 0 saturated heterocycles. The fourth-order valence-electron chi connectivity index (χ4n) is 2.35. The highest BCUT2D eigenvalue weighted by Crippen LogP contribution is 2.51. The van der Waals surface area contributed by atoms with E-state index in [2.05, 4.69) is 35.1 Å². The highest BCUT2D eigenvalue weighted by Gasteiger charge is 2.45. The van der Waals surface area contributed by atoms with E-state index in [4.69, 9.17) is 0 Å². The molecule has 0 atom stereocenters. The molecule has 1 aliphatic rings. The molecule has 1 aromatic carbocycles. The standard InChI is InChI=1S/C15H17BrF3NO/c1-9(2)14(5-6-14)8-20-13(21)11-7-10(15(17,18)19)3-4-12(11)16/h3-4,7,9H,5-6,8H2,1-2H3,(H,20,21). The quantitative estimate of drug-likeness (QED) is 0.829.